The fourth-order valence-electron chi connectivity index (χ4n) is 3.54. The van der Waals surface area contributed by atoms with Crippen LogP contribution in [0, 0.1) is 5.92 Å². The second-order valence-electron chi connectivity index (χ2n) is 6.68. The minimum absolute atomic E-state index is 0.375. The summed E-state index contributed by atoms with van der Waals surface area (Å²) in [7, 11) is 0. The number of imidazole rings is 1. The SMILES string of the molecule is CC(C)Cc1nc2c(n1C1CCOC(C)C1)CCNC2. The quantitative estimate of drug-likeness (QED) is 0.922. The molecule has 0 aromatic carbocycles. The standard InChI is InChI=1S/C16H27N3O/c1-11(2)8-16-18-14-10-17-6-4-15(14)19(16)13-5-7-20-12(3)9-13/h11-13,17H,4-10H2,1-3H3. The average Bonchev–Trinajstić information content (AvgIpc) is 2.75. The van der Waals surface area contributed by atoms with Crippen LogP contribution in [0.3, 0.4) is 0 Å². The van der Waals surface area contributed by atoms with Gasteiger partial charge in [0.15, 0.2) is 0 Å². The molecule has 0 aliphatic carbocycles. The number of fused-ring (bicyclic) bond motifs is 1. The number of rotatable bonds is 3. The van der Waals surface area contributed by atoms with Gasteiger partial charge in [-0.2, -0.15) is 0 Å². The van der Waals surface area contributed by atoms with E-state index >= 15 is 0 Å². The topological polar surface area (TPSA) is 39.1 Å². The monoisotopic (exact) mass is 277 g/mol. The molecule has 2 atom stereocenters. The van der Waals surface area contributed by atoms with Crippen LogP contribution in [-0.2, 0) is 24.1 Å². The Bertz CT molecular complexity index is 467. The first-order chi connectivity index (χ1) is 9.65. The van der Waals surface area contributed by atoms with Gasteiger partial charge in [0.25, 0.3) is 0 Å². The average molecular weight is 277 g/mol. The van der Waals surface area contributed by atoms with Gasteiger partial charge in [0.2, 0.25) is 0 Å². The molecule has 4 nitrogen and oxygen atoms in total. The van der Waals surface area contributed by atoms with Crippen LogP contribution in [0.1, 0.15) is 56.9 Å². The minimum atomic E-state index is 0.375. The summed E-state index contributed by atoms with van der Waals surface area (Å²) >= 11 is 0. The minimum Gasteiger partial charge on any atom is -0.378 e. The van der Waals surface area contributed by atoms with E-state index in [1.807, 2.05) is 0 Å². The lowest BCUT2D eigenvalue weighted by Gasteiger charge is -2.31. The highest BCUT2D eigenvalue weighted by Crippen LogP contribution is 2.31. The third-order valence-electron chi connectivity index (χ3n) is 4.41. The van der Waals surface area contributed by atoms with E-state index in [4.69, 9.17) is 9.72 Å². The molecule has 2 aliphatic heterocycles. The molecule has 2 aliphatic rings. The first-order valence-electron chi connectivity index (χ1n) is 8.06. The molecule has 3 heterocycles. The fraction of sp³-hybridized carbons (Fsp3) is 0.812. The van der Waals surface area contributed by atoms with E-state index in [1.54, 1.807) is 0 Å². The molecule has 0 spiro atoms. The maximum absolute atomic E-state index is 5.73. The Morgan fingerprint density at radius 2 is 2.30 bits per heavy atom. The van der Waals surface area contributed by atoms with E-state index in [0.29, 0.717) is 18.1 Å². The van der Waals surface area contributed by atoms with Gasteiger partial charge in [0.05, 0.1) is 11.8 Å². The molecule has 3 rings (SSSR count). The maximum Gasteiger partial charge on any atom is 0.109 e. The summed E-state index contributed by atoms with van der Waals surface area (Å²) in [4.78, 5) is 4.95. The highest BCUT2D eigenvalue weighted by molar-refractivity contribution is 5.22. The maximum atomic E-state index is 5.73. The van der Waals surface area contributed by atoms with Gasteiger partial charge < -0.3 is 14.6 Å². The lowest BCUT2D eigenvalue weighted by Crippen LogP contribution is -2.30. The highest BCUT2D eigenvalue weighted by atomic mass is 16.5. The Labute approximate surface area is 121 Å². The number of nitrogens with one attached hydrogen (secondary N) is 1. The molecule has 0 bridgehead atoms. The molecule has 112 valence electrons. The summed E-state index contributed by atoms with van der Waals surface area (Å²) in [5.41, 5.74) is 2.77. The molecule has 1 aromatic rings. The zero-order chi connectivity index (χ0) is 14.1. The summed E-state index contributed by atoms with van der Waals surface area (Å²) in [5, 5.41) is 3.45. The van der Waals surface area contributed by atoms with Crippen LogP contribution >= 0.6 is 0 Å². The van der Waals surface area contributed by atoms with Gasteiger partial charge in [-0.3, -0.25) is 0 Å². The van der Waals surface area contributed by atoms with Crippen molar-refractivity contribution in [3.8, 4) is 0 Å². The Hall–Kier alpha value is -0.870. The Morgan fingerprint density at radius 1 is 1.45 bits per heavy atom. The summed E-state index contributed by atoms with van der Waals surface area (Å²) in [6.45, 7) is 9.66. The highest BCUT2D eigenvalue weighted by Gasteiger charge is 2.28. The van der Waals surface area contributed by atoms with E-state index in [1.165, 1.54) is 17.2 Å². The van der Waals surface area contributed by atoms with E-state index in [0.717, 1.165) is 45.4 Å². The van der Waals surface area contributed by atoms with Crippen LogP contribution < -0.4 is 5.32 Å². The first-order valence-corrected chi connectivity index (χ1v) is 8.06. The predicted molar refractivity (Wildman–Crippen MR) is 79.9 cm³/mol. The number of hydrogen-bond acceptors (Lipinski definition) is 3. The van der Waals surface area contributed by atoms with Crippen LogP contribution in [-0.4, -0.2) is 28.8 Å². The van der Waals surface area contributed by atoms with Crippen molar-refractivity contribution in [2.24, 2.45) is 5.92 Å². The number of ether oxygens (including phenoxy) is 1. The zero-order valence-corrected chi connectivity index (χ0v) is 13.0. The van der Waals surface area contributed by atoms with Crippen molar-refractivity contribution in [1.82, 2.24) is 14.9 Å². The van der Waals surface area contributed by atoms with Crippen LogP contribution in [0.2, 0.25) is 0 Å². The van der Waals surface area contributed by atoms with Crippen molar-refractivity contribution in [3.63, 3.8) is 0 Å². The lowest BCUT2D eigenvalue weighted by atomic mass is 10.0. The smallest absolute Gasteiger partial charge is 0.109 e. The van der Waals surface area contributed by atoms with Crippen LogP contribution in [0.15, 0.2) is 0 Å². The van der Waals surface area contributed by atoms with Crippen LogP contribution in [0.5, 0.6) is 0 Å². The van der Waals surface area contributed by atoms with Crippen molar-refractivity contribution in [2.75, 3.05) is 13.2 Å². The van der Waals surface area contributed by atoms with E-state index < -0.39 is 0 Å². The summed E-state index contributed by atoms with van der Waals surface area (Å²) in [6.07, 6.45) is 4.83. The third-order valence-corrected chi connectivity index (χ3v) is 4.41. The zero-order valence-electron chi connectivity index (χ0n) is 13.0. The summed E-state index contributed by atoms with van der Waals surface area (Å²) < 4.78 is 8.30. The van der Waals surface area contributed by atoms with Crippen LogP contribution in [0.25, 0.3) is 0 Å². The Morgan fingerprint density at radius 3 is 3.05 bits per heavy atom. The fourth-order valence-corrected chi connectivity index (χ4v) is 3.54. The molecule has 2 unspecified atom stereocenters. The Balaban J connectivity index is 1.95. The van der Waals surface area contributed by atoms with Crippen molar-refractivity contribution in [2.45, 2.75) is 65.1 Å². The third kappa shape index (κ3) is 2.77. The largest absolute Gasteiger partial charge is 0.378 e. The van der Waals surface area contributed by atoms with Gasteiger partial charge in [-0.25, -0.2) is 4.98 Å². The van der Waals surface area contributed by atoms with Gasteiger partial charge in [-0.1, -0.05) is 13.8 Å². The van der Waals surface area contributed by atoms with Gasteiger partial charge in [0.1, 0.15) is 5.82 Å². The first kappa shape index (κ1) is 14.1. The van der Waals surface area contributed by atoms with E-state index in [9.17, 15) is 0 Å². The van der Waals surface area contributed by atoms with E-state index in [-0.39, 0.29) is 0 Å². The molecular formula is C16H27N3O. The van der Waals surface area contributed by atoms with Crippen molar-refractivity contribution < 1.29 is 4.74 Å². The molecule has 20 heavy (non-hydrogen) atoms. The molecule has 1 fully saturated rings. The number of aromatic nitrogens is 2. The number of hydrogen-bond donors (Lipinski definition) is 1. The molecule has 1 N–H and O–H groups in total. The molecule has 4 heteroatoms. The molecule has 1 aromatic heterocycles. The van der Waals surface area contributed by atoms with Gasteiger partial charge in [-0.05, 0) is 25.7 Å². The molecular weight excluding hydrogens is 250 g/mol. The molecule has 0 amide bonds. The second kappa shape index (κ2) is 5.86. The second-order valence-corrected chi connectivity index (χ2v) is 6.68. The van der Waals surface area contributed by atoms with Crippen molar-refractivity contribution >= 4 is 0 Å². The molecule has 1 saturated heterocycles. The lowest BCUT2D eigenvalue weighted by molar-refractivity contribution is 0.00482. The summed E-state index contributed by atoms with van der Waals surface area (Å²) in [5.74, 6) is 1.95. The molecule has 0 saturated carbocycles. The van der Waals surface area contributed by atoms with Gasteiger partial charge in [-0.15, -0.1) is 0 Å². The summed E-state index contributed by atoms with van der Waals surface area (Å²) in [6, 6.07) is 0.585. The van der Waals surface area contributed by atoms with Gasteiger partial charge in [0, 0.05) is 44.3 Å². The van der Waals surface area contributed by atoms with Crippen LogP contribution in [0.4, 0.5) is 0 Å². The van der Waals surface area contributed by atoms with Crippen molar-refractivity contribution in [3.05, 3.63) is 17.2 Å². The van der Waals surface area contributed by atoms with E-state index in [2.05, 4.69) is 30.7 Å². The number of nitrogens with zero attached hydrogens (tertiary/aromatic N) is 2. The normalized spacial score (nSPS) is 26.8. The molecule has 0 radical (unpaired) electrons. The van der Waals surface area contributed by atoms with Crippen molar-refractivity contribution in [1.29, 1.82) is 0 Å². The van der Waals surface area contributed by atoms with Gasteiger partial charge >= 0.3 is 0 Å². The Kier molecular flexibility index (Phi) is 4.13. The predicted octanol–water partition coefficient (Wildman–Crippen LogP) is 2.47.